The van der Waals surface area contributed by atoms with Gasteiger partial charge >= 0.3 is 0 Å². The molecule has 2 aromatic rings. The van der Waals surface area contributed by atoms with Crippen molar-refractivity contribution in [1.82, 2.24) is 20.7 Å². The van der Waals surface area contributed by atoms with E-state index in [1.54, 1.807) is 13.1 Å². The minimum atomic E-state index is -0.488. The first-order chi connectivity index (χ1) is 12.6. The van der Waals surface area contributed by atoms with Gasteiger partial charge in [0.1, 0.15) is 5.82 Å². The molecule has 26 heavy (non-hydrogen) atoms. The highest BCUT2D eigenvalue weighted by atomic mass is 19.1. The number of fused-ring (bicyclic) bond motifs is 1. The quantitative estimate of drug-likeness (QED) is 0.574. The SMILES string of the molecule is CN/C(=C\[N+](=O)[O-])NCCN1CCC(c2noc3cc(F)ccc23)CC1. The summed E-state index contributed by atoms with van der Waals surface area (Å²) in [6.07, 6.45) is 2.82. The average Bonchev–Trinajstić information content (AvgIpc) is 3.04. The van der Waals surface area contributed by atoms with E-state index in [4.69, 9.17) is 4.52 Å². The van der Waals surface area contributed by atoms with Crippen molar-refractivity contribution in [2.24, 2.45) is 0 Å². The molecule has 2 heterocycles. The van der Waals surface area contributed by atoms with Gasteiger partial charge in [0.15, 0.2) is 11.4 Å². The number of benzene rings is 1. The molecule has 140 valence electrons. The number of nitrogens with one attached hydrogen (secondary N) is 2. The van der Waals surface area contributed by atoms with Crippen LogP contribution in [0.15, 0.2) is 34.7 Å². The van der Waals surface area contributed by atoms with E-state index in [2.05, 4.69) is 20.7 Å². The second kappa shape index (κ2) is 8.13. The molecule has 0 atom stereocenters. The van der Waals surface area contributed by atoms with Crippen LogP contribution in [0.1, 0.15) is 24.5 Å². The fourth-order valence-electron chi connectivity index (χ4n) is 3.31. The topological polar surface area (TPSA) is 96.5 Å². The van der Waals surface area contributed by atoms with Crippen LogP contribution in [0.5, 0.6) is 0 Å². The second-order valence-electron chi connectivity index (χ2n) is 6.33. The highest BCUT2D eigenvalue weighted by Crippen LogP contribution is 2.32. The van der Waals surface area contributed by atoms with E-state index >= 15 is 0 Å². The molecule has 0 radical (unpaired) electrons. The zero-order valence-electron chi connectivity index (χ0n) is 14.6. The maximum atomic E-state index is 13.3. The first-order valence-corrected chi connectivity index (χ1v) is 8.61. The molecule has 0 saturated carbocycles. The lowest BCUT2D eigenvalue weighted by Crippen LogP contribution is -2.38. The number of piperidine rings is 1. The Balaban J connectivity index is 1.50. The van der Waals surface area contributed by atoms with Gasteiger partial charge in [0.25, 0.3) is 6.20 Å². The minimum Gasteiger partial charge on any atom is -0.370 e. The minimum absolute atomic E-state index is 0.299. The summed E-state index contributed by atoms with van der Waals surface area (Å²) in [5, 5.41) is 21.3. The van der Waals surface area contributed by atoms with Crippen molar-refractivity contribution in [3.8, 4) is 0 Å². The summed E-state index contributed by atoms with van der Waals surface area (Å²) in [5.74, 6) is 0.369. The van der Waals surface area contributed by atoms with Gasteiger partial charge in [0.05, 0.1) is 10.6 Å². The van der Waals surface area contributed by atoms with E-state index < -0.39 is 4.92 Å². The predicted octanol–water partition coefficient (Wildman–Crippen LogP) is 2.03. The molecule has 0 spiro atoms. The Bertz CT molecular complexity index is 799. The van der Waals surface area contributed by atoms with Crippen LogP contribution in [0, 0.1) is 15.9 Å². The molecule has 9 heteroatoms. The number of hydrogen-bond acceptors (Lipinski definition) is 7. The largest absolute Gasteiger partial charge is 0.370 e. The summed E-state index contributed by atoms with van der Waals surface area (Å²) in [6.45, 7) is 3.25. The van der Waals surface area contributed by atoms with E-state index in [0.29, 0.717) is 23.9 Å². The highest BCUT2D eigenvalue weighted by molar-refractivity contribution is 5.79. The molecule has 1 saturated heterocycles. The van der Waals surface area contributed by atoms with Gasteiger partial charge in [-0.05, 0) is 38.1 Å². The van der Waals surface area contributed by atoms with Crippen molar-refractivity contribution < 1.29 is 13.8 Å². The van der Waals surface area contributed by atoms with Crippen molar-refractivity contribution in [3.05, 3.63) is 51.8 Å². The molecular weight excluding hydrogens is 341 g/mol. The molecule has 1 aromatic heterocycles. The van der Waals surface area contributed by atoms with Gasteiger partial charge in [0.2, 0.25) is 0 Å². The van der Waals surface area contributed by atoms with Gasteiger partial charge in [0, 0.05) is 37.5 Å². The Hall–Kier alpha value is -2.68. The van der Waals surface area contributed by atoms with Crippen LogP contribution in [0.4, 0.5) is 4.39 Å². The van der Waals surface area contributed by atoms with Crippen molar-refractivity contribution in [2.75, 3.05) is 33.2 Å². The number of halogens is 1. The number of likely N-dealkylation sites (tertiary alicyclic amines) is 1. The molecule has 1 fully saturated rings. The van der Waals surface area contributed by atoms with E-state index in [0.717, 1.165) is 49.8 Å². The standard InChI is InChI=1S/C17H22FN5O3/c1-19-16(11-23(24)25)20-6-9-22-7-4-12(5-8-22)17-14-3-2-13(18)10-15(14)26-21-17/h2-3,10-12,19-20H,4-9H2,1H3/b16-11+. The fraction of sp³-hybridized carbons (Fsp3) is 0.471. The summed E-state index contributed by atoms with van der Waals surface area (Å²) in [4.78, 5) is 12.3. The zero-order valence-corrected chi connectivity index (χ0v) is 14.6. The Labute approximate surface area is 150 Å². The van der Waals surface area contributed by atoms with Gasteiger partial charge in [-0.15, -0.1) is 0 Å². The molecule has 2 N–H and O–H groups in total. The summed E-state index contributed by atoms with van der Waals surface area (Å²) in [5.41, 5.74) is 1.40. The number of hydrogen-bond donors (Lipinski definition) is 2. The monoisotopic (exact) mass is 363 g/mol. The van der Waals surface area contributed by atoms with E-state index in [1.165, 1.54) is 12.1 Å². The Morgan fingerprint density at radius 3 is 2.96 bits per heavy atom. The summed E-state index contributed by atoms with van der Waals surface area (Å²) in [6, 6.07) is 4.53. The van der Waals surface area contributed by atoms with Gasteiger partial charge in [-0.25, -0.2) is 4.39 Å². The van der Waals surface area contributed by atoms with Crippen LogP contribution < -0.4 is 10.6 Å². The van der Waals surface area contributed by atoms with Crippen molar-refractivity contribution >= 4 is 11.0 Å². The summed E-state index contributed by atoms with van der Waals surface area (Å²) >= 11 is 0. The third kappa shape index (κ3) is 4.29. The lowest BCUT2D eigenvalue weighted by atomic mass is 9.91. The lowest BCUT2D eigenvalue weighted by molar-refractivity contribution is -0.404. The number of aromatic nitrogens is 1. The number of rotatable bonds is 7. The summed E-state index contributed by atoms with van der Waals surface area (Å²) in [7, 11) is 1.64. The van der Waals surface area contributed by atoms with Crippen molar-refractivity contribution in [2.45, 2.75) is 18.8 Å². The first kappa shape index (κ1) is 18.1. The van der Waals surface area contributed by atoms with Gasteiger partial charge in [-0.1, -0.05) is 5.16 Å². The smallest absolute Gasteiger partial charge is 0.274 e. The first-order valence-electron chi connectivity index (χ1n) is 8.61. The van der Waals surface area contributed by atoms with Gasteiger partial charge in [-0.2, -0.15) is 0 Å². The maximum absolute atomic E-state index is 13.3. The maximum Gasteiger partial charge on any atom is 0.274 e. The lowest BCUT2D eigenvalue weighted by Gasteiger charge is -2.31. The van der Waals surface area contributed by atoms with Crippen LogP contribution in [0.2, 0.25) is 0 Å². The Kier molecular flexibility index (Phi) is 5.67. The second-order valence-corrected chi connectivity index (χ2v) is 6.33. The van der Waals surface area contributed by atoms with E-state index in [-0.39, 0.29) is 5.82 Å². The zero-order chi connectivity index (χ0) is 18.5. The van der Waals surface area contributed by atoms with Crippen LogP contribution in [-0.2, 0) is 0 Å². The summed E-state index contributed by atoms with van der Waals surface area (Å²) < 4.78 is 18.5. The fourth-order valence-corrected chi connectivity index (χ4v) is 3.31. The molecule has 0 aliphatic carbocycles. The molecule has 1 aliphatic rings. The van der Waals surface area contributed by atoms with Crippen LogP contribution >= 0.6 is 0 Å². The van der Waals surface area contributed by atoms with E-state index in [1.807, 2.05) is 0 Å². The molecule has 1 aliphatic heterocycles. The number of nitro groups is 1. The molecular formula is C17H22FN5O3. The van der Waals surface area contributed by atoms with Crippen LogP contribution in [0.25, 0.3) is 11.0 Å². The van der Waals surface area contributed by atoms with Gasteiger partial charge in [-0.3, -0.25) is 10.1 Å². The van der Waals surface area contributed by atoms with Crippen molar-refractivity contribution in [3.63, 3.8) is 0 Å². The number of nitrogens with zero attached hydrogens (tertiary/aromatic N) is 3. The molecule has 0 bridgehead atoms. The molecule has 3 rings (SSSR count). The molecule has 8 nitrogen and oxygen atoms in total. The van der Waals surface area contributed by atoms with Crippen LogP contribution in [0.3, 0.4) is 0 Å². The van der Waals surface area contributed by atoms with E-state index in [9.17, 15) is 14.5 Å². The third-order valence-electron chi connectivity index (χ3n) is 4.68. The molecule has 0 unspecified atom stereocenters. The highest BCUT2D eigenvalue weighted by Gasteiger charge is 2.25. The molecule has 1 aromatic carbocycles. The molecule has 0 amide bonds. The van der Waals surface area contributed by atoms with Crippen LogP contribution in [-0.4, -0.2) is 48.2 Å². The Morgan fingerprint density at radius 2 is 2.27 bits per heavy atom. The average molecular weight is 363 g/mol. The third-order valence-corrected chi connectivity index (χ3v) is 4.68. The van der Waals surface area contributed by atoms with Gasteiger partial charge < -0.3 is 20.1 Å². The van der Waals surface area contributed by atoms with Crippen molar-refractivity contribution in [1.29, 1.82) is 0 Å². The predicted molar refractivity (Wildman–Crippen MR) is 94.5 cm³/mol. The normalized spacial score (nSPS) is 16.8. The Morgan fingerprint density at radius 1 is 1.50 bits per heavy atom.